The Bertz CT molecular complexity index is 609. The monoisotopic (exact) mass is 362 g/mol. The highest BCUT2D eigenvalue weighted by molar-refractivity contribution is 5.28. The number of ether oxygens (including phenoxy) is 2. The van der Waals surface area contributed by atoms with Gasteiger partial charge in [-0.1, -0.05) is 32.4 Å². The first-order chi connectivity index (χ1) is 12.4. The van der Waals surface area contributed by atoms with Crippen molar-refractivity contribution >= 4 is 0 Å². The first kappa shape index (κ1) is 17.7. The molecule has 4 fully saturated rings. The van der Waals surface area contributed by atoms with Gasteiger partial charge in [0.1, 0.15) is 6.10 Å². The maximum absolute atomic E-state index is 9.82. The first-order valence-corrected chi connectivity index (χ1v) is 10.7. The molecule has 5 rings (SSSR count). The molecule has 5 aliphatic rings. The first-order valence-electron chi connectivity index (χ1n) is 10.7. The van der Waals surface area contributed by atoms with Crippen LogP contribution in [-0.2, 0) is 14.4 Å². The van der Waals surface area contributed by atoms with Crippen molar-refractivity contribution in [1.29, 1.82) is 0 Å². The lowest BCUT2D eigenvalue weighted by molar-refractivity contribution is -0.305. The fraction of sp³-hybridized carbons (Fsp3) is 0.909. The minimum atomic E-state index is -0.394. The summed E-state index contributed by atoms with van der Waals surface area (Å²) in [7, 11) is 0. The third-order valence-electron chi connectivity index (χ3n) is 9.27. The summed E-state index contributed by atoms with van der Waals surface area (Å²) in [6.45, 7) is 8.66. The van der Waals surface area contributed by atoms with Crippen molar-refractivity contribution in [1.82, 2.24) is 0 Å². The molecule has 0 aromatic heterocycles. The Morgan fingerprint density at radius 3 is 2.50 bits per heavy atom. The van der Waals surface area contributed by atoms with Crippen LogP contribution in [0.5, 0.6) is 0 Å². The van der Waals surface area contributed by atoms with E-state index in [9.17, 15) is 5.26 Å². The number of hydrogen-bond donors (Lipinski definition) is 1. The quantitative estimate of drug-likeness (QED) is 0.414. The number of allylic oxidation sites excluding steroid dienone is 1. The van der Waals surface area contributed by atoms with Gasteiger partial charge in [0.2, 0.25) is 0 Å². The van der Waals surface area contributed by atoms with Crippen molar-refractivity contribution in [3.63, 3.8) is 0 Å². The van der Waals surface area contributed by atoms with Crippen LogP contribution in [0.15, 0.2) is 11.6 Å². The molecule has 7 atom stereocenters. The molecule has 0 aromatic rings. The molecule has 0 radical (unpaired) electrons. The molecular weight excluding hydrogens is 328 g/mol. The van der Waals surface area contributed by atoms with Crippen LogP contribution in [0.3, 0.4) is 0 Å². The van der Waals surface area contributed by atoms with Crippen molar-refractivity contribution in [3.05, 3.63) is 11.6 Å². The van der Waals surface area contributed by atoms with Gasteiger partial charge < -0.3 is 9.47 Å². The zero-order valence-electron chi connectivity index (χ0n) is 16.5. The minimum Gasteiger partial charge on any atom is -0.347 e. The fourth-order valence-corrected chi connectivity index (χ4v) is 7.79. The Labute approximate surface area is 157 Å². The molecule has 4 heteroatoms. The molecular formula is C22H34O4. The predicted octanol–water partition coefficient (Wildman–Crippen LogP) is 4.80. The summed E-state index contributed by atoms with van der Waals surface area (Å²) in [6.07, 6.45) is 10.3. The normalized spacial score (nSPS) is 52.3. The predicted molar refractivity (Wildman–Crippen MR) is 98.4 cm³/mol. The molecule has 1 N–H and O–H groups in total. The van der Waals surface area contributed by atoms with Crippen molar-refractivity contribution in [2.24, 2.45) is 34.5 Å². The van der Waals surface area contributed by atoms with Crippen LogP contribution in [0.4, 0.5) is 0 Å². The summed E-state index contributed by atoms with van der Waals surface area (Å²) in [6, 6.07) is 0. The zero-order chi connectivity index (χ0) is 18.2. The molecule has 0 amide bonds. The van der Waals surface area contributed by atoms with Crippen LogP contribution in [-0.4, -0.2) is 30.4 Å². The molecule has 0 bridgehead atoms. The van der Waals surface area contributed by atoms with E-state index >= 15 is 0 Å². The van der Waals surface area contributed by atoms with Crippen molar-refractivity contribution in [2.75, 3.05) is 13.2 Å². The van der Waals surface area contributed by atoms with Gasteiger partial charge in [0.15, 0.2) is 5.79 Å². The third-order valence-corrected chi connectivity index (χ3v) is 9.27. The smallest absolute Gasteiger partial charge is 0.174 e. The number of fused-ring (bicyclic) bond motifs is 6. The molecule has 0 aromatic carbocycles. The molecule has 1 aliphatic heterocycles. The second kappa shape index (κ2) is 5.79. The van der Waals surface area contributed by atoms with E-state index in [4.69, 9.17) is 14.4 Å². The minimum absolute atomic E-state index is 0.0328. The van der Waals surface area contributed by atoms with Gasteiger partial charge in [0.25, 0.3) is 0 Å². The van der Waals surface area contributed by atoms with E-state index < -0.39 is 5.79 Å². The van der Waals surface area contributed by atoms with Crippen LogP contribution in [0, 0.1) is 34.5 Å². The van der Waals surface area contributed by atoms with E-state index in [0.717, 1.165) is 44.8 Å². The van der Waals surface area contributed by atoms with Crippen LogP contribution in [0.2, 0.25) is 0 Å². The van der Waals surface area contributed by atoms with Crippen molar-refractivity contribution < 1.29 is 19.6 Å². The van der Waals surface area contributed by atoms with Gasteiger partial charge in [0, 0.05) is 11.8 Å². The molecule has 1 spiro atoms. The van der Waals surface area contributed by atoms with Crippen molar-refractivity contribution in [2.45, 2.75) is 77.6 Å². The van der Waals surface area contributed by atoms with Gasteiger partial charge in [-0.15, -0.1) is 0 Å². The number of hydrogen-bond acceptors (Lipinski definition) is 4. The lowest BCUT2D eigenvalue weighted by Crippen LogP contribution is -2.58. The highest BCUT2D eigenvalue weighted by Crippen LogP contribution is 2.68. The van der Waals surface area contributed by atoms with E-state index in [-0.39, 0.29) is 16.9 Å². The average Bonchev–Trinajstić information content (AvgIpc) is 3.22. The van der Waals surface area contributed by atoms with Gasteiger partial charge in [-0.05, 0) is 67.6 Å². The van der Waals surface area contributed by atoms with Crippen molar-refractivity contribution in [3.8, 4) is 0 Å². The van der Waals surface area contributed by atoms with Crippen LogP contribution in [0.25, 0.3) is 0 Å². The van der Waals surface area contributed by atoms with Crippen LogP contribution < -0.4 is 0 Å². The lowest BCUT2D eigenvalue weighted by Gasteiger charge is -2.59. The summed E-state index contributed by atoms with van der Waals surface area (Å²) in [4.78, 5) is 5.14. The summed E-state index contributed by atoms with van der Waals surface area (Å²) in [5, 5.41) is 9.82. The molecule has 4 nitrogen and oxygen atoms in total. The van der Waals surface area contributed by atoms with Crippen LogP contribution in [0.1, 0.15) is 65.7 Å². The van der Waals surface area contributed by atoms with E-state index in [1.165, 1.54) is 19.3 Å². The van der Waals surface area contributed by atoms with Gasteiger partial charge in [-0.2, -0.15) is 0 Å². The van der Waals surface area contributed by atoms with E-state index in [2.05, 4.69) is 26.8 Å². The number of rotatable bonds is 1. The van der Waals surface area contributed by atoms with Crippen LogP contribution >= 0.6 is 0 Å². The fourth-order valence-electron chi connectivity index (χ4n) is 7.79. The molecule has 26 heavy (non-hydrogen) atoms. The second-order valence-electron chi connectivity index (χ2n) is 10.3. The van der Waals surface area contributed by atoms with Gasteiger partial charge >= 0.3 is 0 Å². The highest BCUT2D eigenvalue weighted by atomic mass is 17.1. The van der Waals surface area contributed by atoms with Gasteiger partial charge in [-0.3, -0.25) is 5.26 Å². The van der Waals surface area contributed by atoms with E-state index in [1.807, 2.05) is 0 Å². The second-order valence-corrected chi connectivity index (χ2v) is 10.3. The highest BCUT2D eigenvalue weighted by Gasteiger charge is 2.68. The summed E-state index contributed by atoms with van der Waals surface area (Å²) in [5.74, 6) is 1.81. The molecule has 146 valence electrons. The topological polar surface area (TPSA) is 47.9 Å². The molecule has 3 saturated carbocycles. The lowest BCUT2D eigenvalue weighted by atomic mass is 9.46. The Hall–Kier alpha value is -0.420. The van der Waals surface area contributed by atoms with Gasteiger partial charge in [0.05, 0.1) is 13.2 Å². The van der Waals surface area contributed by atoms with Gasteiger partial charge in [-0.25, -0.2) is 4.89 Å². The van der Waals surface area contributed by atoms with E-state index in [1.54, 1.807) is 5.57 Å². The van der Waals surface area contributed by atoms with E-state index in [0.29, 0.717) is 17.8 Å². The summed E-state index contributed by atoms with van der Waals surface area (Å²) < 4.78 is 12.5. The Morgan fingerprint density at radius 2 is 1.77 bits per heavy atom. The molecule has 4 aliphatic carbocycles. The zero-order valence-corrected chi connectivity index (χ0v) is 16.5. The SMILES string of the molecule is C[C@H]1CC[C@@]2(C)C(=CC(OO)[C@@H]3[C@@H]2CC[C@@]2(C)[C@H]3CCC23OCCO3)C1. The third kappa shape index (κ3) is 2.10. The average molecular weight is 363 g/mol. The Balaban J connectivity index is 1.55. The maximum atomic E-state index is 9.82. The maximum Gasteiger partial charge on any atom is 0.174 e. The Kier molecular flexibility index (Phi) is 3.93. The molecule has 1 unspecified atom stereocenters. The summed E-state index contributed by atoms with van der Waals surface area (Å²) >= 11 is 0. The largest absolute Gasteiger partial charge is 0.347 e. The standard InChI is InChI=1S/C22H34O4/c1-14-4-7-20(2)15(12-14)13-18(26-23)19-16(20)5-8-21(3)17(19)6-9-22(21)24-10-11-25-22/h13-14,16-19,23H,4-12H2,1-3H3/t14-,16-,17-,18?,19+,20-,21-/m0/s1. The molecule has 1 heterocycles. The summed E-state index contributed by atoms with van der Waals surface area (Å²) in [5.41, 5.74) is 1.85. The molecule has 1 saturated heterocycles. The Morgan fingerprint density at radius 1 is 1.04 bits per heavy atom.